The molecule has 5 heteroatoms. The molecule has 1 N–H and O–H groups in total. The third-order valence-corrected chi connectivity index (χ3v) is 5.15. The number of aryl methyl sites for hydroxylation is 1. The smallest absolute Gasteiger partial charge is 0.226 e. The summed E-state index contributed by atoms with van der Waals surface area (Å²) in [7, 11) is 0. The molecule has 0 aliphatic carbocycles. The molecular formula is C21H21FN2OS. The van der Waals surface area contributed by atoms with Crippen LogP contribution in [-0.4, -0.2) is 10.9 Å². The van der Waals surface area contributed by atoms with E-state index in [4.69, 9.17) is 0 Å². The van der Waals surface area contributed by atoms with E-state index in [9.17, 15) is 9.18 Å². The highest BCUT2D eigenvalue weighted by Gasteiger charge is 2.14. The lowest BCUT2D eigenvalue weighted by Crippen LogP contribution is -2.29. The molecule has 3 aromatic rings. The van der Waals surface area contributed by atoms with Crippen molar-refractivity contribution in [3.8, 4) is 10.6 Å². The maximum Gasteiger partial charge on any atom is 0.226 e. The van der Waals surface area contributed by atoms with Crippen molar-refractivity contribution in [3.05, 3.63) is 76.5 Å². The molecule has 1 amide bonds. The van der Waals surface area contributed by atoms with Crippen LogP contribution >= 0.6 is 11.3 Å². The van der Waals surface area contributed by atoms with E-state index in [2.05, 4.69) is 41.5 Å². The number of amides is 1. The van der Waals surface area contributed by atoms with Gasteiger partial charge >= 0.3 is 0 Å². The van der Waals surface area contributed by atoms with Gasteiger partial charge in [-0.1, -0.05) is 36.8 Å². The van der Waals surface area contributed by atoms with Crippen LogP contribution in [-0.2, 0) is 11.2 Å². The van der Waals surface area contributed by atoms with Gasteiger partial charge in [0.05, 0.1) is 18.2 Å². The SMILES string of the molecule is CCC(NC(=O)Cc1csc(-c2ccc(F)cc2)n1)c1ccc(C)cc1. The molecule has 0 aliphatic heterocycles. The monoisotopic (exact) mass is 368 g/mol. The van der Waals surface area contributed by atoms with Gasteiger partial charge in [0.15, 0.2) is 0 Å². The predicted molar refractivity (Wildman–Crippen MR) is 104 cm³/mol. The topological polar surface area (TPSA) is 42.0 Å². The Morgan fingerprint density at radius 3 is 2.50 bits per heavy atom. The minimum atomic E-state index is -0.272. The fourth-order valence-corrected chi connectivity index (χ4v) is 3.57. The Hall–Kier alpha value is -2.53. The van der Waals surface area contributed by atoms with Crippen molar-refractivity contribution in [2.45, 2.75) is 32.7 Å². The third kappa shape index (κ3) is 4.55. The molecule has 0 bridgehead atoms. The Morgan fingerprint density at radius 1 is 1.15 bits per heavy atom. The Bertz CT molecular complexity index is 872. The number of halogens is 1. The first-order chi connectivity index (χ1) is 12.5. The van der Waals surface area contributed by atoms with E-state index in [0.717, 1.165) is 28.2 Å². The Balaban J connectivity index is 1.64. The summed E-state index contributed by atoms with van der Waals surface area (Å²) in [6.07, 6.45) is 1.06. The van der Waals surface area contributed by atoms with Crippen molar-refractivity contribution in [2.24, 2.45) is 0 Å². The number of rotatable bonds is 6. The first-order valence-electron chi connectivity index (χ1n) is 8.61. The lowest BCUT2D eigenvalue weighted by molar-refractivity contribution is -0.121. The minimum Gasteiger partial charge on any atom is -0.349 e. The number of hydrogen-bond donors (Lipinski definition) is 1. The molecule has 0 saturated heterocycles. The summed E-state index contributed by atoms with van der Waals surface area (Å²) < 4.78 is 13.0. The number of aromatic nitrogens is 1. The fraction of sp³-hybridized carbons (Fsp3) is 0.238. The second-order valence-corrected chi connectivity index (χ2v) is 7.12. The molecule has 0 fully saturated rings. The number of nitrogens with one attached hydrogen (secondary N) is 1. The number of carbonyl (C=O) groups is 1. The van der Waals surface area contributed by atoms with Crippen LogP contribution in [0.1, 0.15) is 36.2 Å². The van der Waals surface area contributed by atoms with Crippen molar-refractivity contribution < 1.29 is 9.18 Å². The largest absolute Gasteiger partial charge is 0.349 e. The summed E-state index contributed by atoms with van der Waals surface area (Å²) in [5, 5.41) is 5.75. The maximum atomic E-state index is 13.0. The lowest BCUT2D eigenvalue weighted by Gasteiger charge is -2.17. The first kappa shape index (κ1) is 18.3. The highest BCUT2D eigenvalue weighted by atomic mass is 32.1. The molecule has 134 valence electrons. The average molecular weight is 368 g/mol. The van der Waals surface area contributed by atoms with Gasteiger partial charge in [0.2, 0.25) is 5.91 Å². The quantitative estimate of drug-likeness (QED) is 0.660. The molecule has 1 aromatic heterocycles. The molecule has 3 nitrogen and oxygen atoms in total. The number of nitrogens with zero attached hydrogens (tertiary/aromatic N) is 1. The number of carbonyl (C=O) groups excluding carboxylic acids is 1. The zero-order chi connectivity index (χ0) is 18.5. The van der Waals surface area contributed by atoms with E-state index < -0.39 is 0 Å². The highest BCUT2D eigenvalue weighted by Crippen LogP contribution is 2.24. The average Bonchev–Trinajstić information content (AvgIpc) is 3.09. The molecule has 0 spiro atoms. The first-order valence-corrected chi connectivity index (χ1v) is 9.49. The summed E-state index contributed by atoms with van der Waals surface area (Å²) in [6, 6.07) is 14.4. The van der Waals surface area contributed by atoms with Crippen molar-refractivity contribution >= 4 is 17.2 Å². The van der Waals surface area contributed by atoms with Crippen LogP contribution in [0, 0.1) is 12.7 Å². The summed E-state index contributed by atoms with van der Waals surface area (Å²) in [5.41, 5.74) is 3.89. The zero-order valence-corrected chi connectivity index (χ0v) is 15.6. The van der Waals surface area contributed by atoms with Gasteiger partial charge in [0.25, 0.3) is 0 Å². The molecule has 26 heavy (non-hydrogen) atoms. The summed E-state index contributed by atoms with van der Waals surface area (Å²) in [4.78, 5) is 16.9. The van der Waals surface area contributed by atoms with Crippen LogP contribution in [0.15, 0.2) is 53.9 Å². The Morgan fingerprint density at radius 2 is 1.85 bits per heavy atom. The van der Waals surface area contributed by atoms with Gasteiger partial charge in [-0.3, -0.25) is 4.79 Å². The predicted octanol–water partition coefficient (Wildman–Crippen LogP) is 5.07. The van der Waals surface area contributed by atoms with E-state index in [0.29, 0.717) is 0 Å². The van der Waals surface area contributed by atoms with Crippen LogP contribution < -0.4 is 5.32 Å². The Kier molecular flexibility index (Phi) is 5.78. The molecule has 1 heterocycles. The Labute approximate surface area is 156 Å². The van der Waals surface area contributed by atoms with Crippen molar-refractivity contribution in [1.29, 1.82) is 0 Å². The van der Waals surface area contributed by atoms with Crippen LogP contribution in [0.3, 0.4) is 0 Å². The molecule has 0 radical (unpaired) electrons. The van der Waals surface area contributed by atoms with Crippen molar-refractivity contribution in [1.82, 2.24) is 10.3 Å². The molecule has 2 aromatic carbocycles. The van der Waals surface area contributed by atoms with Crippen LogP contribution in [0.2, 0.25) is 0 Å². The summed E-state index contributed by atoms with van der Waals surface area (Å²) in [6.45, 7) is 4.10. The molecule has 0 saturated carbocycles. The maximum absolute atomic E-state index is 13.0. The molecule has 0 aliphatic rings. The molecular weight excluding hydrogens is 347 g/mol. The second-order valence-electron chi connectivity index (χ2n) is 6.27. The lowest BCUT2D eigenvalue weighted by atomic mass is 10.0. The summed E-state index contributed by atoms with van der Waals surface area (Å²) >= 11 is 1.46. The van der Waals surface area contributed by atoms with Gasteiger partial charge in [0, 0.05) is 10.9 Å². The standard InChI is InChI=1S/C21H21FN2OS/c1-3-19(15-6-4-14(2)5-7-15)24-20(25)12-18-13-26-21(23-18)16-8-10-17(22)11-9-16/h4-11,13,19H,3,12H2,1-2H3,(H,24,25). The van der Waals surface area contributed by atoms with Crippen LogP contribution in [0.25, 0.3) is 10.6 Å². The van der Waals surface area contributed by atoms with Gasteiger partial charge < -0.3 is 5.32 Å². The van der Waals surface area contributed by atoms with E-state index in [1.54, 1.807) is 12.1 Å². The zero-order valence-electron chi connectivity index (χ0n) is 14.8. The van der Waals surface area contributed by atoms with E-state index >= 15 is 0 Å². The third-order valence-electron chi connectivity index (χ3n) is 4.21. The van der Waals surface area contributed by atoms with Crippen LogP contribution in [0.5, 0.6) is 0 Å². The highest BCUT2D eigenvalue weighted by molar-refractivity contribution is 7.13. The van der Waals surface area contributed by atoms with Gasteiger partial charge in [-0.25, -0.2) is 9.37 Å². The number of hydrogen-bond acceptors (Lipinski definition) is 3. The fourth-order valence-electron chi connectivity index (χ4n) is 2.74. The van der Waals surface area contributed by atoms with E-state index in [1.165, 1.54) is 29.0 Å². The molecule has 3 rings (SSSR count). The molecule has 1 atom stereocenters. The van der Waals surface area contributed by atoms with Gasteiger partial charge in [-0.05, 0) is 43.2 Å². The van der Waals surface area contributed by atoms with Crippen molar-refractivity contribution in [2.75, 3.05) is 0 Å². The van der Waals surface area contributed by atoms with E-state index in [1.807, 2.05) is 12.3 Å². The van der Waals surface area contributed by atoms with Crippen LogP contribution in [0.4, 0.5) is 4.39 Å². The number of benzene rings is 2. The van der Waals surface area contributed by atoms with Gasteiger partial charge in [0.1, 0.15) is 10.8 Å². The van der Waals surface area contributed by atoms with Gasteiger partial charge in [-0.2, -0.15) is 0 Å². The molecule has 1 unspecified atom stereocenters. The normalized spacial score (nSPS) is 12.0. The van der Waals surface area contributed by atoms with Gasteiger partial charge in [-0.15, -0.1) is 11.3 Å². The number of thiazole rings is 1. The second kappa shape index (κ2) is 8.23. The van der Waals surface area contributed by atoms with Crippen molar-refractivity contribution in [3.63, 3.8) is 0 Å². The minimum absolute atomic E-state index is 0.00157. The van der Waals surface area contributed by atoms with E-state index in [-0.39, 0.29) is 24.2 Å². The summed E-state index contributed by atoms with van der Waals surface area (Å²) in [5.74, 6) is -0.319.